The predicted molar refractivity (Wildman–Crippen MR) is 130 cm³/mol. The quantitative estimate of drug-likeness (QED) is 0.304. The summed E-state index contributed by atoms with van der Waals surface area (Å²) in [5, 5.41) is 3.38. The van der Waals surface area contributed by atoms with Crippen LogP contribution in [0.15, 0.2) is 4.99 Å². The van der Waals surface area contributed by atoms with E-state index in [1.807, 2.05) is 20.8 Å². The first-order chi connectivity index (χ1) is 13.8. The van der Waals surface area contributed by atoms with E-state index < -0.39 is 5.60 Å². The normalized spacial score (nSPS) is 22.4. The van der Waals surface area contributed by atoms with E-state index in [1.165, 1.54) is 0 Å². The molecule has 2 aliphatic heterocycles. The summed E-state index contributed by atoms with van der Waals surface area (Å²) in [7, 11) is 0. The molecule has 0 aromatic rings. The van der Waals surface area contributed by atoms with Crippen LogP contribution in [0.5, 0.6) is 0 Å². The third-order valence-corrected chi connectivity index (χ3v) is 4.88. The zero-order chi connectivity index (χ0) is 21.3. The Morgan fingerprint density at radius 2 is 1.93 bits per heavy atom. The highest BCUT2D eigenvalue weighted by Gasteiger charge is 2.32. The van der Waals surface area contributed by atoms with Gasteiger partial charge in [0.05, 0.1) is 19.3 Å². The van der Waals surface area contributed by atoms with E-state index in [1.54, 1.807) is 4.90 Å². The zero-order valence-corrected chi connectivity index (χ0v) is 21.6. The summed E-state index contributed by atoms with van der Waals surface area (Å²) < 4.78 is 17.3. The number of carbonyl (C=O) groups is 1. The molecule has 0 bridgehead atoms. The monoisotopic (exact) mass is 540 g/mol. The Hall–Kier alpha value is -0.810. The summed E-state index contributed by atoms with van der Waals surface area (Å²) in [6.07, 6.45) is 3.06. The van der Waals surface area contributed by atoms with E-state index in [2.05, 4.69) is 24.1 Å². The first-order valence-corrected chi connectivity index (χ1v) is 11.1. The highest BCUT2D eigenvalue weighted by atomic mass is 127. The third kappa shape index (κ3) is 9.13. The molecule has 9 heteroatoms. The summed E-state index contributed by atoms with van der Waals surface area (Å²) in [6.45, 7) is 15.4. The lowest BCUT2D eigenvalue weighted by Gasteiger charge is -2.37. The van der Waals surface area contributed by atoms with Gasteiger partial charge >= 0.3 is 6.09 Å². The highest BCUT2D eigenvalue weighted by molar-refractivity contribution is 14.0. The second-order valence-corrected chi connectivity index (χ2v) is 8.61. The number of amides is 1. The number of ether oxygens (including phenoxy) is 3. The second kappa shape index (κ2) is 13.6. The van der Waals surface area contributed by atoms with Crippen LogP contribution in [0.4, 0.5) is 4.79 Å². The van der Waals surface area contributed by atoms with Crippen molar-refractivity contribution in [3.8, 4) is 0 Å². The van der Waals surface area contributed by atoms with Gasteiger partial charge in [0.1, 0.15) is 11.7 Å². The molecule has 0 aliphatic carbocycles. The van der Waals surface area contributed by atoms with Crippen molar-refractivity contribution in [2.45, 2.75) is 71.7 Å². The van der Waals surface area contributed by atoms with Crippen LogP contribution in [0.1, 0.15) is 53.9 Å². The van der Waals surface area contributed by atoms with Crippen molar-refractivity contribution in [1.82, 2.24) is 15.1 Å². The molecule has 2 heterocycles. The largest absolute Gasteiger partial charge is 0.444 e. The molecule has 0 aromatic carbocycles. The fraction of sp³-hybridized carbons (Fsp3) is 0.905. The minimum Gasteiger partial charge on any atom is -0.444 e. The number of morpholine rings is 1. The number of hydrogen-bond donors (Lipinski definition) is 1. The van der Waals surface area contributed by atoms with E-state index in [4.69, 9.17) is 19.2 Å². The molecular weight excluding hydrogens is 499 g/mol. The fourth-order valence-corrected chi connectivity index (χ4v) is 3.58. The van der Waals surface area contributed by atoms with Crippen LogP contribution in [-0.2, 0) is 14.2 Å². The molecule has 8 nitrogen and oxygen atoms in total. The number of halogens is 1. The Morgan fingerprint density at radius 3 is 2.53 bits per heavy atom. The molecule has 1 N–H and O–H groups in total. The molecule has 2 aliphatic rings. The van der Waals surface area contributed by atoms with Crippen LogP contribution in [0, 0.1) is 0 Å². The molecule has 0 aromatic heterocycles. The van der Waals surface area contributed by atoms with Crippen LogP contribution in [0.25, 0.3) is 0 Å². The van der Waals surface area contributed by atoms with Crippen LogP contribution < -0.4 is 5.32 Å². The Morgan fingerprint density at radius 1 is 1.20 bits per heavy atom. The average molecular weight is 540 g/mol. The van der Waals surface area contributed by atoms with E-state index in [-0.39, 0.29) is 42.3 Å². The maximum atomic E-state index is 12.4. The number of rotatable bonds is 7. The Labute approximate surface area is 199 Å². The Kier molecular flexibility index (Phi) is 12.3. The van der Waals surface area contributed by atoms with Crippen molar-refractivity contribution >= 4 is 36.0 Å². The maximum Gasteiger partial charge on any atom is 0.410 e. The first kappa shape index (κ1) is 27.2. The number of nitrogens with one attached hydrogen (secondary N) is 1. The van der Waals surface area contributed by atoms with Gasteiger partial charge in [0, 0.05) is 39.3 Å². The number of nitrogens with zero attached hydrogens (tertiary/aromatic N) is 3. The lowest BCUT2D eigenvalue weighted by Crippen LogP contribution is -2.53. The van der Waals surface area contributed by atoms with Crippen molar-refractivity contribution in [3.63, 3.8) is 0 Å². The van der Waals surface area contributed by atoms with Gasteiger partial charge in [0.25, 0.3) is 0 Å². The Balaban J connectivity index is 0.00000450. The molecule has 2 saturated heterocycles. The van der Waals surface area contributed by atoms with Crippen LogP contribution in [0.3, 0.4) is 0 Å². The van der Waals surface area contributed by atoms with E-state index in [0.29, 0.717) is 26.2 Å². The van der Waals surface area contributed by atoms with Crippen molar-refractivity contribution in [2.75, 3.05) is 52.5 Å². The molecule has 0 radical (unpaired) electrons. The van der Waals surface area contributed by atoms with Gasteiger partial charge in [-0.2, -0.15) is 0 Å². The number of guanidine groups is 1. The summed E-state index contributed by atoms with van der Waals surface area (Å²) >= 11 is 0. The van der Waals surface area contributed by atoms with Gasteiger partial charge in [-0.15, -0.1) is 24.0 Å². The standard InChI is InChI=1S/C21H40N4O4.HI/c1-6-11-24(20(26)29-21(3,4)5)12-10-23-19(22-7-2)25-13-15-28-18(16-25)17-9-8-14-27-17;/h17-18H,6-16H2,1-5H3,(H,22,23);1H. The van der Waals surface area contributed by atoms with E-state index >= 15 is 0 Å². The molecule has 2 unspecified atom stereocenters. The molecule has 1 amide bonds. The molecule has 2 fully saturated rings. The lowest BCUT2D eigenvalue weighted by atomic mass is 10.1. The van der Waals surface area contributed by atoms with Gasteiger partial charge in [-0.05, 0) is 47.0 Å². The van der Waals surface area contributed by atoms with Crippen LogP contribution >= 0.6 is 24.0 Å². The molecule has 176 valence electrons. The molecule has 0 spiro atoms. The van der Waals surface area contributed by atoms with Gasteiger partial charge in [-0.3, -0.25) is 4.99 Å². The molecule has 0 saturated carbocycles. The van der Waals surface area contributed by atoms with E-state index in [0.717, 1.165) is 51.5 Å². The summed E-state index contributed by atoms with van der Waals surface area (Å²) in [4.78, 5) is 21.2. The van der Waals surface area contributed by atoms with Crippen molar-refractivity contribution in [3.05, 3.63) is 0 Å². The number of aliphatic imine (C=N–C) groups is 1. The number of hydrogen-bond acceptors (Lipinski definition) is 5. The first-order valence-electron chi connectivity index (χ1n) is 11.1. The topological polar surface area (TPSA) is 75.6 Å². The fourth-order valence-electron chi connectivity index (χ4n) is 3.58. The van der Waals surface area contributed by atoms with E-state index in [9.17, 15) is 4.79 Å². The summed E-state index contributed by atoms with van der Waals surface area (Å²) in [5.41, 5.74) is -0.494. The molecular formula is C21H41IN4O4. The minimum atomic E-state index is -0.494. The zero-order valence-electron chi connectivity index (χ0n) is 19.3. The third-order valence-electron chi connectivity index (χ3n) is 4.88. The summed E-state index contributed by atoms with van der Waals surface area (Å²) in [5.74, 6) is 0.874. The maximum absolute atomic E-state index is 12.4. The van der Waals surface area contributed by atoms with Gasteiger partial charge in [-0.1, -0.05) is 6.92 Å². The van der Waals surface area contributed by atoms with Crippen LogP contribution in [0.2, 0.25) is 0 Å². The van der Waals surface area contributed by atoms with Crippen molar-refractivity contribution in [1.29, 1.82) is 0 Å². The van der Waals surface area contributed by atoms with Gasteiger partial charge in [0.15, 0.2) is 5.96 Å². The smallest absolute Gasteiger partial charge is 0.410 e. The minimum absolute atomic E-state index is 0. The second-order valence-electron chi connectivity index (χ2n) is 8.61. The average Bonchev–Trinajstić information content (AvgIpc) is 3.20. The van der Waals surface area contributed by atoms with Crippen molar-refractivity contribution in [2.24, 2.45) is 4.99 Å². The number of carbonyl (C=O) groups excluding carboxylic acids is 1. The predicted octanol–water partition coefficient (Wildman–Crippen LogP) is 3.10. The SMILES string of the molecule is CCCN(CCN=C(NCC)N1CCOC(C2CCCO2)C1)C(=O)OC(C)(C)C.I. The van der Waals surface area contributed by atoms with Crippen molar-refractivity contribution < 1.29 is 19.0 Å². The van der Waals surface area contributed by atoms with Gasteiger partial charge in [0.2, 0.25) is 0 Å². The molecule has 2 atom stereocenters. The highest BCUT2D eigenvalue weighted by Crippen LogP contribution is 2.21. The molecule has 30 heavy (non-hydrogen) atoms. The van der Waals surface area contributed by atoms with Crippen LogP contribution in [-0.4, -0.2) is 92.1 Å². The molecule has 2 rings (SSSR count). The summed E-state index contributed by atoms with van der Waals surface area (Å²) in [6, 6.07) is 0. The van der Waals surface area contributed by atoms with Gasteiger partial charge in [-0.25, -0.2) is 4.79 Å². The Bertz CT molecular complexity index is 536. The van der Waals surface area contributed by atoms with Gasteiger partial charge < -0.3 is 29.3 Å². The lowest BCUT2D eigenvalue weighted by molar-refractivity contribution is -0.0817.